The van der Waals surface area contributed by atoms with Crippen LogP contribution in [0.1, 0.15) is 69.0 Å². The van der Waals surface area contributed by atoms with E-state index in [1.165, 1.54) is 4.88 Å². The topological polar surface area (TPSA) is 78.9 Å². The maximum atomic E-state index is 12.6. The van der Waals surface area contributed by atoms with E-state index in [1.807, 2.05) is 32.6 Å². The fourth-order valence-corrected chi connectivity index (χ4v) is 5.03. The minimum absolute atomic E-state index is 0.168. The van der Waals surface area contributed by atoms with Gasteiger partial charge in [-0.3, -0.25) is 0 Å². The summed E-state index contributed by atoms with van der Waals surface area (Å²) in [6.45, 7) is 13.4. The number of hydrogen-bond acceptors (Lipinski definition) is 5. The van der Waals surface area contributed by atoms with Crippen LogP contribution in [0.2, 0.25) is 0 Å². The molecule has 2 fully saturated rings. The molecule has 0 spiro atoms. The molecule has 3 rings (SSSR count). The van der Waals surface area contributed by atoms with E-state index in [0.29, 0.717) is 12.6 Å². The van der Waals surface area contributed by atoms with E-state index in [1.54, 1.807) is 11.3 Å². The predicted molar refractivity (Wildman–Crippen MR) is 117 cm³/mol. The summed E-state index contributed by atoms with van der Waals surface area (Å²) >= 11 is 1.71. The number of carbonyl (C=O) groups is 1. The molecule has 0 aromatic carbocycles. The largest absolute Gasteiger partial charge is 0.444 e. The zero-order chi connectivity index (χ0) is 21.2. The van der Waals surface area contributed by atoms with Crippen LogP contribution < -0.4 is 10.6 Å². The first-order valence-corrected chi connectivity index (χ1v) is 11.5. The van der Waals surface area contributed by atoms with Gasteiger partial charge in [0, 0.05) is 29.5 Å². The molecule has 29 heavy (non-hydrogen) atoms. The van der Waals surface area contributed by atoms with Gasteiger partial charge in [0.15, 0.2) is 5.96 Å². The molecule has 0 aliphatic carbocycles. The van der Waals surface area contributed by atoms with E-state index in [2.05, 4.69) is 29.5 Å². The van der Waals surface area contributed by atoms with Crippen LogP contribution in [0.5, 0.6) is 0 Å². The van der Waals surface area contributed by atoms with Crippen LogP contribution in [-0.2, 0) is 11.3 Å². The summed E-state index contributed by atoms with van der Waals surface area (Å²) < 4.78 is 5.64. The second-order valence-electron chi connectivity index (χ2n) is 9.03. The van der Waals surface area contributed by atoms with Crippen molar-refractivity contribution in [3.05, 3.63) is 15.6 Å². The molecule has 2 aliphatic heterocycles. The number of carbonyl (C=O) groups excluding carboxylic acids is 1. The number of rotatable bonds is 4. The fourth-order valence-electron chi connectivity index (χ4n) is 4.17. The third-order valence-corrected chi connectivity index (χ3v) is 6.53. The number of piperidine rings is 1. The van der Waals surface area contributed by atoms with Crippen molar-refractivity contribution in [1.29, 1.82) is 0 Å². The zero-order valence-corrected chi connectivity index (χ0v) is 19.4. The first kappa shape index (κ1) is 21.9. The van der Waals surface area contributed by atoms with Gasteiger partial charge in [-0.1, -0.05) is 0 Å². The number of aromatic nitrogens is 1. The van der Waals surface area contributed by atoms with Crippen LogP contribution in [0.4, 0.5) is 4.79 Å². The standard InChI is InChI=1S/C21H35N5O2S/c1-7-22-19(23-12-18-24-13(2)14(3)29-18)25-15-10-16-8-9-17(11-15)26(16)20(27)28-21(4,5)6/h15-17H,7-12H2,1-6H3,(H2,22,23,25). The summed E-state index contributed by atoms with van der Waals surface area (Å²) in [6, 6.07) is 0.797. The molecule has 0 radical (unpaired) electrons. The Balaban J connectivity index is 1.61. The average molecular weight is 422 g/mol. The number of nitrogens with one attached hydrogen (secondary N) is 2. The molecule has 2 unspecified atom stereocenters. The second-order valence-corrected chi connectivity index (χ2v) is 10.3. The van der Waals surface area contributed by atoms with Gasteiger partial charge in [0.2, 0.25) is 0 Å². The highest BCUT2D eigenvalue weighted by Crippen LogP contribution is 2.36. The molecule has 0 saturated carbocycles. The van der Waals surface area contributed by atoms with Crippen LogP contribution in [0, 0.1) is 13.8 Å². The smallest absolute Gasteiger partial charge is 0.410 e. The Hall–Kier alpha value is -1.83. The van der Waals surface area contributed by atoms with Crippen LogP contribution in [0.3, 0.4) is 0 Å². The Labute approximate surface area is 178 Å². The Kier molecular flexibility index (Phi) is 6.71. The minimum Gasteiger partial charge on any atom is -0.444 e. The Bertz CT molecular complexity index is 721. The maximum absolute atomic E-state index is 12.6. The Morgan fingerprint density at radius 2 is 1.93 bits per heavy atom. The number of guanidine groups is 1. The molecule has 2 atom stereocenters. The van der Waals surface area contributed by atoms with Crippen LogP contribution in [0.25, 0.3) is 0 Å². The molecule has 7 nitrogen and oxygen atoms in total. The lowest BCUT2D eigenvalue weighted by Gasteiger charge is -2.40. The minimum atomic E-state index is -0.455. The first-order valence-electron chi connectivity index (χ1n) is 10.7. The van der Waals surface area contributed by atoms with Crippen molar-refractivity contribution in [2.45, 2.75) is 97.5 Å². The Morgan fingerprint density at radius 3 is 2.45 bits per heavy atom. The summed E-state index contributed by atoms with van der Waals surface area (Å²) in [6.07, 6.45) is 3.78. The number of aliphatic imine (C=N–C) groups is 1. The SMILES string of the molecule is CCNC(=NCc1nc(C)c(C)s1)NC1CC2CCC(C1)N2C(=O)OC(C)(C)C. The number of ether oxygens (including phenoxy) is 1. The van der Waals surface area contributed by atoms with Gasteiger partial charge in [-0.15, -0.1) is 11.3 Å². The van der Waals surface area contributed by atoms with E-state index in [9.17, 15) is 4.79 Å². The van der Waals surface area contributed by atoms with E-state index in [4.69, 9.17) is 9.73 Å². The average Bonchev–Trinajstić information content (AvgIpc) is 3.08. The lowest BCUT2D eigenvalue weighted by molar-refractivity contribution is 0.00545. The van der Waals surface area contributed by atoms with Crippen LogP contribution in [0.15, 0.2) is 4.99 Å². The number of aryl methyl sites for hydroxylation is 2. The summed E-state index contributed by atoms with van der Waals surface area (Å²) in [5.41, 5.74) is 0.632. The van der Waals surface area contributed by atoms with Crippen molar-refractivity contribution < 1.29 is 9.53 Å². The third-order valence-electron chi connectivity index (χ3n) is 5.47. The van der Waals surface area contributed by atoms with Gasteiger partial charge < -0.3 is 20.3 Å². The van der Waals surface area contributed by atoms with Crippen LogP contribution >= 0.6 is 11.3 Å². The molecule has 3 heterocycles. The number of fused-ring (bicyclic) bond motifs is 2. The molecule has 1 aromatic heterocycles. The van der Waals surface area contributed by atoms with E-state index < -0.39 is 5.60 Å². The summed E-state index contributed by atoms with van der Waals surface area (Å²) in [5, 5.41) is 7.98. The van der Waals surface area contributed by atoms with E-state index >= 15 is 0 Å². The molecule has 162 valence electrons. The second kappa shape index (κ2) is 8.90. The molecule has 2 saturated heterocycles. The van der Waals surface area contributed by atoms with Gasteiger partial charge >= 0.3 is 6.09 Å². The van der Waals surface area contributed by atoms with Crippen molar-refractivity contribution in [2.75, 3.05) is 6.54 Å². The zero-order valence-electron chi connectivity index (χ0n) is 18.5. The van der Waals surface area contributed by atoms with E-state index in [-0.39, 0.29) is 18.2 Å². The number of thiazole rings is 1. The van der Waals surface area contributed by atoms with Gasteiger partial charge in [0.25, 0.3) is 0 Å². The molecular weight excluding hydrogens is 386 g/mol. The lowest BCUT2D eigenvalue weighted by Crippen LogP contribution is -2.55. The van der Waals surface area contributed by atoms with Gasteiger partial charge in [-0.05, 0) is 67.2 Å². The number of nitrogens with zero attached hydrogens (tertiary/aromatic N) is 3. The molecule has 2 bridgehead atoms. The van der Waals surface area contributed by atoms with Gasteiger partial charge in [0.1, 0.15) is 10.6 Å². The van der Waals surface area contributed by atoms with Crippen LogP contribution in [-0.4, -0.2) is 52.2 Å². The number of amides is 1. The van der Waals surface area contributed by atoms with Crippen molar-refractivity contribution in [1.82, 2.24) is 20.5 Å². The quantitative estimate of drug-likeness (QED) is 0.572. The van der Waals surface area contributed by atoms with Crippen molar-refractivity contribution in [2.24, 2.45) is 4.99 Å². The highest BCUT2D eigenvalue weighted by atomic mass is 32.1. The third kappa shape index (κ3) is 5.62. The molecule has 1 aromatic rings. The maximum Gasteiger partial charge on any atom is 0.410 e. The molecule has 2 N–H and O–H groups in total. The predicted octanol–water partition coefficient (Wildman–Crippen LogP) is 3.75. The molecule has 8 heteroatoms. The van der Waals surface area contributed by atoms with Crippen molar-refractivity contribution in [3.8, 4) is 0 Å². The van der Waals surface area contributed by atoms with Crippen molar-refractivity contribution in [3.63, 3.8) is 0 Å². The normalized spacial score (nSPS) is 24.6. The monoisotopic (exact) mass is 421 g/mol. The highest BCUT2D eigenvalue weighted by Gasteiger charge is 2.45. The summed E-state index contributed by atoms with van der Waals surface area (Å²) in [4.78, 5) is 25.2. The molecule has 1 amide bonds. The fraction of sp³-hybridized carbons (Fsp3) is 0.762. The lowest BCUT2D eigenvalue weighted by atomic mass is 9.98. The number of hydrogen-bond donors (Lipinski definition) is 2. The van der Waals surface area contributed by atoms with Gasteiger partial charge in [-0.25, -0.2) is 14.8 Å². The van der Waals surface area contributed by atoms with Crippen molar-refractivity contribution >= 4 is 23.4 Å². The first-order chi connectivity index (χ1) is 13.7. The molecule has 2 aliphatic rings. The molecular formula is C21H35N5O2S. The summed E-state index contributed by atoms with van der Waals surface area (Å²) in [5.74, 6) is 0.827. The van der Waals surface area contributed by atoms with Gasteiger partial charge in [0.05, 0.1) is 12.2 Å². The van der Waals surface area contributed by atoms with E-state index in [0.717, 1.165) is 48.9 Å². The Morgan fingerprint density at radius 1 is 1.28 bits per heavy atom. The summed E-state index contributed by atoms with van der Waals surface area (Å²) in [7, 11) is 0. The highest BCUT2D eigenvalue weighted by molar-refractivity contribution is 7.11. The van der Waals surface area contributed by atoms with Gasteiger partial charge in [-0.2, -0.15) is 0 Å².